The number of hydrogen-bond acceptors (Lipinski definition) is 4. The summed E-state index contributed by atoms with van der Waals surface area (Å²) in [5.41, 5.74) is 2.52. The first-order valence-electron chi connectivity index (χ1n) is 11.3. The van der Waals surface area contributed by atoms with Crippen molar-refractivity contribution in [3.05, 3.63) is 48.0 Å². The third-order valence-electron chi connectivity index (χ3n) is 6.68. The molecule has 0 saturated carbocycles. The molecule has 2 aliphatic heterocycles. The van der Waals surface area contributed by atoms with Crippen LogP contribution in [0.3, 0.4) is 0 Å². The highest BCUT2D eigenvalue weighted by Crippen LogP contribution is 2.37. The average molecular weight is 400 g/mol. The highest BCUT2D eigenvalue weighted by molar-refractivity contribution is 5.73. The fourth-order valence-electron chi connectivity index (χ4n) is 5.03. The third-order valence-corrected chi connectivity index (χ3v) is 6.68. The maximum absolute atomic E-state index is 12.6. The van der Waals surface area contributed by atoms with Crippen LogP contribution in [0.4, 0.5) is 0 Å². The minimum absolute atomic E-state index is 0.107. The van der Waals surface area contributed by atoms with Gasteiger partial charge < -0.3 is 9.47 Å². The van der Waals surface area contributed by atoms with Gasteiger partial charge in [0.15, 0.2) is 0 Å². The van der Waals surface area contributed by atoms with Crippen LogP contribution in [0.5, 0.6) is 0 Å². The minimum Gasteiger partial charge on any atom is -0.469 e. The zero-order valence-corrected chi connectivity index (χ0v) is 18.1. The molecule has 1 aromatic rings. The molecule has 2 aliphatic rings. The fraction of sp³-hybridized carbons (Fsp3) is 0.640. The van der Waals surface area contributed by atoms with Crippen molar-refractivity contribution < 1.29 is 14.3 Å². The van der Waals surface area contributed by atoms with Gasteiger partial charge in [0.05, 0.1) is 25.7 Å². The van der Waals surface area contributed by atoms with Gasteiger partial charge in [0.25, 0.3) is 0 Å². The summed E-state index contributed by atoms with van der Waals surface area (Å²) in [6.45, 7) is 9.40. The lowest BCUT2D eigenvalue weighted by Crippen LogP contribution is -2.34. The number of rotatable bonds is 10. The van der Waals surface area contributed by atoms with Gasteiger partial charge in [-0.2, -0.15) is 0 Å². The molecule has 4 heteroatoms. The van der Waals surface area contributed by atoms with E-state index < -0.39 is 0 Å². The first-order valence-corrected chi connectivity index (χ1v) is 11.3. The summed E-state index contributed by atoms with van der Waals surface area (Å²) >= 11 is 0. The van der Waals surface area contributed by atoms with Crippen LogP contribution in [0.15, 0.2) is 42.5 Å². The molecule has 29 heavy (non-hydrogen) atoms. The number of piperidine rings is 1. The summed E-state index contributed by atoms with van der Waals surface area (Å²) in [5.74, 6) is 0.133. The van der Waals surface area contributed by atoms with Crippen LogP contribution < -0.4 is 0 Å². The number of carbonyl (C=O) groups excluding carboxylic acids is 1. The zero-order valence-electron chi connectivity index (χ0n) is 18.1. The summed E-state index contributed by atoms with van der Waals surface area (Å²) in [6, 6.07) is 10.7. The number of benzene rings is 1. The molecule has 4 atom stereocenters. The first kappa shape index (κ1) is 22.0. The maximum Gasteiger partial charge on any atom is 0.311 e. The van der Waals surface area contributed by atoms with Crippen LogP contribution in [0.25, 0.3) is 0 Å². The van der Waals surface area contributed by atoms with Gasteiger partial charge in [0.2, 0.25) is 0 Å². The molecule has 2 fully saturated rings. The predicted octanol–water partition coefficient (Wildman–Crippen LogP) is 4.98. The second-order valence-electron chi connectivity index (χ2n) is 8.61. The molecule has 1 aromatic carbocycles. The largest absolute Gasteiger partial charge is 0.469 e. The van der Waals surface area contributed by atoms with Crippen molar-refractivity contribution in [1.82, 2.24) is 4.90 Å². The van der Waals surface area contributed by atoms with E-state index in [4.69, 9.17) is 9.47 Å². The molecule has 0 aliphatic carbocycles. The van der Waals surface area contributed by atoms with E-state index >= 15 is 0 Å². The Morgan fingerprint density at radius 3 is 2.72 bits per heavy atom. The number of nitrogens with zero attached hydrogens (tertiary/aromatic N) is 1. The number of methoxy groups -OCH3 is 1. The summed E-state index contributed by atoms with van der Waals surface area (Å²) in [6.07, 6.45) is 7.39. The van der Waals surface area contributed by atoms with E-state index in [0.717, 1.165) is 37.8 Å². The Labute approximate surface area is 176 Å². The quantitative estimate of drug-likeness (QED) is 0.411. The standard InChI is InChI=1S/C25H37NO3/c1-4-10-24(29-18-20-11-6-5-7-12-20)22(25(27)28-3)15-14-21-17-26-16-9-8-13-23(26)19(21)2/h5-7,11-12,21-24H,2,4,8-10,13-18H2,1,3H3/t21?,22-,23?,24?/m1/s1. The molecule has 4 nitrogen and oxygen atoms in total. The Balaban J connectivity index is 1.62. The van der Waals surface area contributed by atoms with E-state index in [-0.39, 0.29) is 18.0 Å². The van der Waals surface area contributed by atoms with Crippen LogP contribution in [-0.2, 0) is 20.9 Å². The van der Waals surface area contributed by atoms with Crippen LogP contribution in [0.1, 0.15) is 57.4 Å². The van der Waals surface area contributed by atoms with Crippen molar-refractivity contribution in [2.24, 2.45) is 11.8 Å². The van der Waals surface area contributed by atoms with Crippen LogP contribution in [-0.4, -0.2) is 43.2 Å². The summed E-state index contributed by atoms with van der Waals surface area (Å²) in [4.78, 5) is 15.2. The van der Waals surface area contributed by atoms with Crippen LogP contribution in [0.2, 0.25) is 0 Å². The van der Waals surface area contributed by atoms with Gasteiger partial charge in [-0.25, -0.2) is 0 Å². The van der Waals surface area contributed by atoms with E-state index in [0.29, 0.717) is 18.6 Å². The normalized spacial score (nSPS) is 24.1. The number of ether oxygens (including phenoxy) is 2. The van der Waals surface area contributed by atoms with E-state index in [1.54, 1.807) is 0 Å². The zero-order chi connectivity index (χ0) is 20.6. The van der Waals surface area contributed by atoms with Crippen LogP contribution in [0, 0.1) is 11.8 Å². The molecule has 0 aromatic heterocycles. The van der Waals surface area contributed by atoms with Crippen LogP contribution >= 0.6 is 0 Å². The summed E-state index contributed by atoms with van der Waals surface area (Å²) in [5, 5.41) is 0. The molecule has 0 radical (unpaired) electrons. The Morgan fingerprint density at radius 2 is 2.03 bits per heavy atom. The molecule has 2 heterocycles. The van der Waals surface area contributed by atoms with Gasteiger partial charge in [-0.15, -0.1) is 0 Å². The van der Waals surface area contributed by atoms with Gasteiger partial charge in [-0.1, -0.05) is 62.2 Å². The first-order chi connectivity index (χ1) is 14.1. The van der Waals surface area contributed by atoms with Crippen molar-refractivity contribution in [3.8, 4) is 0 Å². The summed E-state index contributed by atoms with van der Waals surface area (Å²) < 4.78 is 11.4. The lowest BCUT2D eigenvalue weighted by molar-refractivity contribution is -0.152. The Hall–Kier alpha value is -1.65. The van der Waals surface area contributed by atoms with Crippen molar-refractivity contribution in [2.45, 2.75) is 70.6 Å². The molecule has 0 spiro atoms. The Morgan fingerprint density at radius 1 is 1.24 bits per heavy atom. The average Bonchev–Trinajstić information content (AvgIpc) is 3.08. The number of hydrogen-bond donors (Lipinski definition) is 0. The molecule has 160 valence electrons. The Kier molecular flexibility index (Phi) is 8.31. The second kappa shape index (κ2) is 10.9. The molecular weight excluding hydrogens is 362 g/mol. The van der Waals surface area contributed by atoms with E-state index in [9.17, 15) is 4.79 Å². The van der Waals surface area contributed by atoms with E-state index in [1.165, 1.54) is 38.5 Å². The molecule has 2 saturated heterocycles. The number of fused-ring (bicyclic) bond motifs is 1. The topological polar surface area (TPSA) is 38.8 Å². The minimum atomic E-state index is -0.214. The van der Waals surface area contributed by atoms with Gasteiger partial charge in [-0.05, 0) is 50.1 Å². The second-order valence-corrected chi connectivity index (χ2v) is 8.61. The van der Waals surface area contributed by atoms with Crippen molar-refractivity contribution >= 4 is 5.97 Å². The molecule has 3 unspecified atom stereocenters. The molecule has 3 rings (SSSR count). The molecule has 0 bridgehead atoms. The highest BCUT2D eigenvalue weighted by Gasteiger charge is 2.38. The highest BCUT2D eigenvalue weighted by atomic mass is 16.5. The van der Waals surface area contributed by atoms with Crippen molar-refractivity contribution in [3.63, 3.8) is 0 Å². The van der Waals surface area contributed by atoms with E-state index in [1.807, 2.05) is 18.2 Å². The van der Waals surface area contributed by atoms with Gasteiger partial charge in [0.1, 0.15) is 0 Å². The summed E-state index contributed by atoms with van der Waals surface area (Å²) in [7, 11) is 1.49. The Bertz CT molecular complexity index is 659. The lowest BCUT2D eigenvalue weighted by atomic mass is 9.86. The van der Waals surface area contributed by atoms with E-state index in [2.05, 4.69) is 30.5 Å². The molecule has 0 N–H and O–H groups in total. The predicted molar refractivity (Wildman–Crippen MR) is 117 cm³/mol. The molecule has 0 amide bonds. The monoisotopic (exact) mass is 399 g/mol. The van der Waals surface area contributed by atoms with Gasteiger partial charge in [-0.3, -0.25) is 9.69 Å². The van der Waals surface area contributed by atoms with Crippen molar-refractivity contribution in [2.75, 3.05) is 20.2 Å². The van der Waals surface area contributed by atoms with Crippen molar-refractivity contribution in [1.29, 1.82) is 0 Å². The van der Waals surface area contributed by atoms with Gasteiger partial charge >= 0.3 is 5.97 Å². The smallest absolute Gasteiger partial charge is 0.311 e. The molecular formula is C25H37NO3. The maximum atomic E-state index is 12.6. The number of carbonyl (C=O) groups is 1. The third kappa shape index (κ3) is 5.70. The number of esters is 1. The van der Waals surface area contributed by atoms with Gasteiger partial charge in [0, 0.05) is 12.6 Å². The lowest BCUT2D eigenvalue weighted by Gasteiger charge is -2.29. The fourth-order valence-corrected chi connectivity index (χ4v) is 5.03. The SMILES string of the molecule is C=C1C(CC[C@@H](C(=O)OC)C(CCC)OCc2ccccc2)CN2CCCCC12.